The Bertz CT molecular complexity index is 1170. The molecule has 0 fully saturated rings. The minimum absolute atomic E-state index is 0.0385. The number of carbonyl (C=O) groups excluding carboxylic acids is 1. The number of thiophene rings is 1. The van der Waals surface area contributed by atoms with Crippen LogP contribution in [-0.2, 0) is 6.61 Å². The molecular formula is C20H14F2N2O2S2. The summed E-state index contributed by atoms with van der Waals surface area (Å²) in [6, 6.07) is 10.7. The molecule has 4 rings (SSSR count). The van der Waals surface area contributed by atoms with Gasteiger partial charge in [0.2, 0.25) is 0 Å². The molecule has 0 unspecified atom stereocenters. The maximum Gasteiger partial charge on any atom is 0.267 e. The molecule has 0 aliphatic rings. The number of aryl methyl sites for hydroxylation is 1. The highest BCUT2D eigenvalue weighted by atomic mass is 32.1. The number of halogens is 2. The fraction of sp³-hybridized carbons (Fsp3) is 0.100. The number of amides is 1. The van der Waals surface area contributed by atoms with Gasteiger partial charge in [-0.2, -0.15) is 0 Å². The molecule has 0 radical (unpaired) electrons. The van der Waals surface area contributed by atoms with Gasteiger partial charge in [-0.15, -0.1) is 11.3 Å². The SMILES string of the molecule is Cc1ccc2nc(NC(=O)c3cc(COc4ccc(F)cc4F)cs3)sc2c1. The lowest BCUT2D eigenvalue weighted by molar-refractivity contribution is 0.103. The predicted octanol–water partition coefficient (Wildman–Crippen LogP) is 5.78. The molecule has 1 amide bonds. The van der Waals surface area contributed by atoms with Gasteiger partial charge in [0.25, 0.3) is 5.91 Å². The molecule has 4 aromatic rings. The first-order valence-electron chi connectivity index (χ1n) is 8.32. The van der Waals surface area contributed by atoms with Gasteiger partial charge in [-0.3, -0.25) is 10.1 Å². The van der Waals surface area contributed by atoms with Crippen LogP contribution in [0, 0.1) is 18.6 Å². The van der Waals surface area contributed by atoms with Crippen LogP contribution in [0.4, 0.5) is 13.9 Å². The van der Waals surface area contributed by atoms with E-state index in [9.17, 15) is 13.6 Å². The standard InChI is InChI=1S/C20H14F2N2O2S2/c1-11-2-4-15-17(6-11)28-20(23-15)24-19(25)18-7-12(10-27-18)9-26-16-5-3-13(21)8-14(16)22/h2-8,10H,9H2,1H3,(H,23,24,25). The molecule has 28 heavy (non-hydrogen) atoms. The van der Waals surface area contributed by atoms with Crippen molar-refractivity contribution in [1.82, 2.24) is 4.98 Å². The third-order valence-electron chi connectivity index (χ3n) is 3.93. The lowest BCUT2D eigenvalue weighted by Gasteiger charge is -2.05. The highest BCUT2D eigenvalue weighted by Crippen LogP contribution is 2.28. The molecule has 0 saturated carbocycles. The van der Waals surface area contributed by atoms with E-state index in [0.29, 0.717) is 10.0 Å². The lowest BCUT2D eigenvalue weighted by Crippen LogP contribution is -2.09. The zero-order chi connectivity index (χ0) is 19.7. The fourth-order valence-electron chi connectivity index (χ4n) is 2.57. The maximum absolute atomic E-state index is 13.6. The molecule has 0 aliphatic carbocycles. The molecule has 2 aromatic heterocycles. The summed E-state index contributed by atoms with van der Waals surface area (Å²) in [4.78, 5) is 17.4. The molecule has 0 aliphatic heterocycles. The number of aromatic nitrogens is 1. The van der Waals surface area contributed by atoms with E-state index in [2.05, 4.69) is 10.3 Å². The summed E-state index contributed by atoms with van der Waals surface area (Å²) in [5, 5.41) is 5.10. The van der Waals surface area contributed by atoms with Crippen LogP contribution in [0.25, 0.3) is 10.2 Å². The second kappa shape index (κ2) is 7.65. The van der Waals surface area contributed by atoms with Crippen LogP contribution in [-0.4, -0.2) is 10.9 Å². The average Bonchev–Trinajstić information content (AvgIpc) is 3.27. The van der Waals surface area contributed by atoms with Gasteiger partial charge in [0.05, 0.1) is 15.1 Å². The third-order valence-corrected chi connectivity index (χ3v) is 5.84. The average molecular weight is 416 g/mol. The predicted molar refractivity (Wildman–Crippen MR) is 107 cm³/mol. The highest BCUT2D eigenvalue weighted by Gasteiger charge is 2.13. The van der Waals surface area contributed by atoms with Crippen LogP contribution in [0.1, 0.15) is 20.8 Å². The molecule has 0 spiro atoms. The Labute approximate surface area is 167 Å². The third kappa shape index (κ3) is 4.02. The van der Waals surface area contributed by atoms with Crippen molar-refractivity contribution in [3.8, 4) is 5.75 Å². The van der Waals surface area contributed by atoms with E-state index in [4.69, 9.17) is 4.74 Å². The van der Waals surface area contributed by atoms with Gasteiger partial charge in [0, 0.05) is 11.6 Å². The number of nitrogens with zero attached hydrogens (tertiary/aromatic N) is 1. The second-order valence-corrected chi connectivity index (χ2v) is 8.07. The number of benzene rings is 2. The Balaban J connectivity index is 1.42. The summed E-state index contributed by atoms with van der Waals surface area (Å²) in [5.41, 5.74) is 2.70. The van der Waals surface area contributed by atoms with E-state index >= 15 is 0 Å². The number of thiazole rings is 1. The van der Waals surface area contributed by atoms with Crippen molar-refractivity contribution in [1.29, 1.82) is 0 Å². The van der Waals surface area contributed by atoms with Crippen molar-refractivity contribution in [3.05, 3.63) is 75.5 Å². The van der Waals surface area contributed by atoms with E-state index in [0.717, 1.165) is 33.5 Å². The van der Waals surface area contributed by atoms with Crippen LogP contribution in [0.2, 0.25) is 0 Å². The van der Waals surface area contributed by atoms with Crippen molar-refractivity contribution in [2.45, 2.75) is 13.5 Å². The number of hydrogen-bond acceptors (Lipinski definition) is 5. The van der Waals surface area contributed by atoms with Crippen LogP contribution in [0.3, 0.4) is 0 Å². The van der Waals surface area contributed by atoms with Gasteiger partial charge in [-0.1, -0.05) is 17.4 Å². The zero-order valence-corrected chi connectivity index (χ0v) is 16.3. The Morgan fingerprint density at radius 2 is 2.04 bits per heavy atom. The molecule has 0 bridgehead atoms. The zero-order valence-electron chi connectivity index (χ0n) is 14.7. The summed E-state index contributed by atoms with van der Waals surface area (Å²) >= 11 is 2.68. The van der Waals surface area contributed by atoms with Crippen LogP contribution >= 0.6 is 22.7 Å². The van der Waals surface area contributed by atoms with Gasteiger partial charge >= 0.3 is 0 Å². The van der Waals surface area contributed by atoms with Crippen molar-refractivity contribution >= 4 is 43.9 Å². The minimum atomic E-state index is -0.765. The van der Waals surface area contributed by atoms with Crippen molar-refractivity contribution in [2.75, 3.05) is 5.32 Å². The van der Waals surface area contributed by atoms with Gasteiger partial charge < -0.3 is 4.74 Å². The molecule has 2 heterocycles. The molecular weight excluding hydrogens is 402 g/mol. The topological polar surface area (TPSA) is 51.2 Å². The highest BCUT2D eigenvalue weighted by molar-refractivity contribution is 7.22. The number of hydrogen-bond donors (Lipinski definition) is 1. The van der Waals surface area contributed by atoms with Crippen molar-refractivity contribution < 1.29 is 18.3 Å². The molecule has 0 atom stereocenters. The Hall–Kier alpha value is -2.84. The van der Waals surface area contributed by atoms with E-state index in [1.165, 1.54) is 28.7 Å². The Kier molecular flexibility index (Phi) is 5.06. The molecule has 2 aromatic carbocycles. The monoisotopic (exact) mass is 416 g/mol. The normalized spacial score (nSPS) is 11.0. The molecule has 1 N–H and O–H groups in total. The Morgan fingerprint density at radius 1 is 1.18 bits per heavy atom. The van der Waals surface area contributed by atoms with E-state index in [-0.39, 0.29) is 18.3 Å². The number of ether oxygens (including phenoxy) is 1. The van der Waals surface area contributed by atoms with Crippen LogP contribution in [0.15, 0.2) is 47.8 Å². The summed E-state index contributed by atoms with van der Waals surface area (Å²) < 4.78 is 32.9. The number of nitrogens with one attached hydrogen (secondary N) is 1. The summed E-state index contributed by atoms with van der Waals surface area (Å²) in [6.45, 7) is 2.08. The number of rotatable bonds is 5. The smallest absolute Gasteiger partial charge is 0.267 e. The van der Waals surface area contributed by atoms with Crippen LogP contribution < -0.4 is 10.1 Å². The number of fused-ring (bicyclic) bond motifs is 1. The molecule has 0 saturated heterocycles. The first kappa shape index (κ1) is 18.5. The number of carbonyl (C=O) groups is 1. The summed E-state index contributed by atoms with van der Waals surface area (Å²) in [5.74, 6) is -1.73. The second-order valence-electron chi connectivity index (χ2n) is 6.13. The van der Waals surface area contributed by atoms with Gasteiger partial charge in [-0.05, 0) is 48.2 Å². The van der Waals surface area contributed by atoms with E-state index in [1.807, 2.05) is 25.1 Å². The largest absolute Gasteiger partial charge is 0.486 e. The Morgan fingerprint density at radius 3 is 2.86 bits per heavy atom. The van der Waals surface area contributed by atoms with E-state index < -0.39 is 11.6 Å². The van der Waals surface area contributed by atoms with Crippen molar-refractivity contribution in [3.63, 3.8) is 0 Å². The maximum atomic E-state index is 13.6. The van der Waals surface area contributed by atoms with Crippen molar-refractivity contribution in [2.24, 2.45) is 0 Å². The van der Waals surface area contributed by atoms with E-state index in [1.54, 1.807) is 11.4 Å². The lowest BCUT2D eigenvalue weighted by atomic mass is 10.2. The number of anilines is 1. The minimum Gasteiger partial charge on any atom is -0.486 e. The van der Waals surface area contributed by atoms with Crippen LogP contribution in [0.5, 0.6) is 5.75 Å². The van der Waals surface area contributed by atoms with Gasteiger partial charge in [0.1, 0.15) is 12.4 Å². The fourth-order valence-corrected chi connectivity index (χ4v) is 4.32. The molecule has 142 valence electrons. The summed E-state index contributed by atoms with van der Waals surface area (Å²) in [7, 11) is 0. The van der Waals surface area contributed by atoms with Gasteiger partial charge in [-0.25, -0.2) is 13.8 Å². The summed E-state index contributed by atoms with van der Waals surface area (Å²) in [6.07, 6.45) is 0. The molecule has 4 nitrogen and oxygen atoms in total. The quantitative estimate of drug-likeness (QED) is 0.449. The van der Waals surface area contributed by atoms with Gasteiger partial charge in [0.15, 0.2) is 16.7 Å². The first-order valence-corrected chi connectivity index (χ1v) is 10.0. The first-order chi connectivity index (χ1) is 13.5. The molecule has 8 heteroatoms.